The first-order chi connectivity index (χ1) is 11.1. The zero-order valence-corrected chi connectivity index (χ0v) is 13.3. The van der Waals surface area contributed by atoms with E-state index in [9.17, 15) is 9.18 Å². The van der Waals surface area contributed by atoms with E-state index in [1.165, 1.54) is 24.3 Å². The molecule has 2 amide bonds. The number of hydrogen-bond acceptors (Lipinski definition) is 2. The minimum Gasteiger partial charge on any atom is -0.486 e. The highest BCUT2D eigenvalue weighted by molar-refractivity contribution is 6.31. The normalized spacial score (nSPS) is 16.5. The van der Waals surface area contributed by atoms with E-state index in [0.717, 1.165) is 6.42 Å². The van der Waals surface area contributed by atoms with Crippen LogP contribution in [0.5, 0.6) is 5.75 Å². The Kier molecular flexibility index (Phi) is 4.39. The molecule has 1 heterocycles. The predicted octanol–water partition coefficient (Wildman–Crippen LogP) is 4.69. The van der Waals surface area contributed by atoms with Crippen molar-refractivity contribution < 1.29 is 13.9 Å². The summed E-state index contributed by atoms with van der Waals surface area (Å²) in [6, 6.07) is 10.5. The molecule has 1 atom stereocenters. The second-order valence-corrected chi connectivity index (χ2v) is 5.74. The van der Waals surface area contributed by atoms with E-state index >= 15 is 0 Å². The highest BCUT2D eigenvalue weighted by Gasteiger charge is 2.29. The number of anilines is 2. The quantitative estimate of drug-likeness (QED) is 0.865. The zero-order valence-electron chi connectivity index (χ0n) is 12.6. The minimum absolute atomic E-state index is 0.0809. The van der Waals surface area contributed by atoms with Crippen molar-refractivity contribution in [2.45, 2.75) is 19.4 Å². The zero-order chi connectivity index (χ0) is 16.4. The summed E-state index contributed by atoms with van der Waals surface area (Å²) in [7, 11) is 0. The molecule has 0 fully saturated rings. The summed E-state index contributed by atoms with van der Waals surface area (Å²) in [5, 5.41) is 3.30. The average Bonchev–Trinajstić information content (AvgIpc) is 2.56. The molecule has 0 spiro atoms. The fraction of sp³-hybridized carbons (Fsp3) is 0.235. The van der Waals surface area contributed by atoms with Crippen LogP contribution in [0.2, 0.25) is 5.02 Å². The van der Waals surface area contributed by atoms with Crippen LogP contribution in [0, 0.1) is 5.82 Å². The standard InChI is InChI=1S/C17H16ClFN2O2/c1-2-14-10-21(15-9-11(18)3-8-16(15)23-14)17(22)20-13-6-4-12(19)5-7-13/h3-9,14H,2,10H2,1H3,(H,20,22). The predicted molar refractivity (Wildman–Crippen MR) is 88.9 cm³/mol. The van der Waals surface area contributed by atoms with E-state index in [1.807, 2.05) is 6.92 Å². The number of nitrogens with one attached hydrogen (secondary N) is 1. The summed E-state index contributed by atoms with van der Waals surface area (Å²) < 4.78 is 18.8. The van der Waals surface area contributed by atoms with Crippen LogP contribution in [0.15, 0.2) is 42.5 Å². The summed E-state index contributed by atoms with van der Waals surface area (Å²) >= 11 is 6.04. The summed E-state index contributed by atoms with van der Waals surface area (Å²) in [6.07, 6.45) is 0.699. The van der Waals surface area contributed by atoms with Gasteiger partial charge in [0.05, 0.1) is 12.2 Å². The lowest BCUT2D eigenvalue weighted by Crippen LogP contribution is -2.45. The molecule has 1 unspecified atom stereocenters. The van der Waals surface area contributed by atoms with E-state index in [2.05, 4.69) is 5.32 Å². The fourth-order valence-corrected chi connectivity index (χ4v) is 2.62. The first-order valence-electron chi connectivity index (χ1n) is 7.37. The van der Waals surface area contributed by atoms with Gasteiger partial charge in [0.25, 0.3) is 0 Å². The minimum atomic E-state index is -0.349. The molecule has 0 saturated carbocycles. The lowest BCUT2D eigenvalue weighted by atomic mass is 10.1. The number of amides is 2. The molecule has 3 rings (SSSR count). The van der Waals surface area contributed by atoms with Crippen LogP contribution in [0.25, 0.3) is 0 Å². The Labute approximate surface area is 138 Å². The summed E-state index contributed by atoms with van der Waals surface area (Å²) in [5.74, 6) is 0.277. The van der Waals surface area contributed by atoms with Gasteiger partial charge in [-0.2, -0.15) is 0 Å². The molecule has 23 heavy (non-hydrogen) atoms. The number of rotatable bonds is 2. The second-order valence-electron chi connectivity index (χ2n) is 5.31. The first-order valence-corrected chi connectivity index (χ1v) is 7.75. The monoisotopic (exact) mass is 334 g/mol. The Bertz CT molecular complexity index is 721. The van der Waals surface area contributed by atoms with Crippen LogP contribution in [-0.2, 0) is 0 Å². The molecule has 0 aliphatic carbocycles. The third-order valence-electron chi connectivity index (χ3n) is 3.69. The number of carbonyl (C=O) groups is 1. The van der Waals surface area contributed by atoms with Crippen LogP contribution in [0.3, 0.4) is 0 Å². The van der Waals surface area contributed by atoms with Gasteiger partial charge in [0.1, 0.15) is 17.7 Å². The van der Waals surface area contributed by atoms with Crippen molar-refractivity contribution in [1.29, 1.82) is 0 Å². The van der Waals surface area contributed by atoms with Crippen LogP contribution >= 0.6 is 11.6 Å². The fourth-order valence-electron chi connectivity index (χ4n) is 2.45. The van der Waals surface area contributed by atoms with Crippen molar-refractivity contribution in [2.75, 3.05) is 16.8 Å². The van der Waals surface area contributed by atoms with E-state index in [1.54, 1.807) is 23.1 Å². The number of benzene rings is 2. The van der Waals surface area contributed by atoms with Crippen molar-refractivity contribution in [3.63, 3.8) is 0 Å². The van der Waals surface area contributed by atoms with Gasteiger partial charge in [-0.15, -0.1) is 0 Å². The van der Waals surface area contributed by atoms with E-state index in [4.69, 9.17) is 16.3 Å². The van der Waals surface area contributed by atoms with E-state index in [-0.39, 0.29) is 18.0 Å². The molecular weight excluding hydrogens is 319 g/mol. The lowest BCUT2D eigenvalue weighted by molar-refractivity contribution is 0.188. The van der Waals surface area contributed by atoms with Crippen LogP contribution < -0.4 is 15.0 Å². The topological polar surface area (TPSA) is 41.6 Å². The number of halogens is 2. The molecule has 6 heteroatoms. The third kappa shape index (κ3) is 3.40. The smallest absolute Gasteiger partial charge is 0.326 e. The van der Waals surface area contributed by atoms with Gasteiger partial charge in [0, 0.05) is 10.7 Å². The first kappa shape index (κ1) is 15.6. The molecule has 1 N–H and O–H groups in total. The average molecular weight is 335 g/mol. The van der Waals surface area contributed by atoms with Crippen molar-refractivity contribution >= 4 is 29.0 Å². The van der Waals surface area contributed by atoms with Gasteiger partial charge < -0.3 is 10.1 Å². The third-order valence-corrected chi connectivity index (χ3v) is 3.92. The lowest BCUT2D eigenvalue weighted by Gasteiger charge is -2.34. The van der Waals surface area contributed by atoms with Gasteiger partial charge in [-0.3, -0.25) is 4.90 Å². The molecule has 0 radical (unpaired) electrons. The molecule has 4 nitrogen and oxygen atoms in total. The number of ether oxygens (including phenoxy) is 1. The van der Waals surface area contributed by atoms with Gasteiger partial charge in [-0.05, 0) is 48.9 Å². The van der Waals surface area contributed by atoms with Crippen molar-refractivity contribution in [2.24, 2.45) is 0 Å². The van der Waals surface area contributed by atoms with Crippen molar-refractivity contribution in [3.05, 3.63) is 53.3 Å². The number of hydrogen-bond donors (Lipinski definition) is 1. The maximum absolute atomic E-state index is 13.0. The second kappa shape index (κ2) is 6.46. The van der Waals surface area contributed by atoms with Crippen molar-refractivity contribution in [3.8, 4) is 5.75 Å². The highest BCUT2D eigenvalue weighted by Crippen LogP contribution is 2.36. The molecule has 2 aromatic rings. The van der Waals surface area contributed by atoms with Crippen LogP contribution in [-0.4, -0.2) is 18.7 Å². The Balaban J connectivity index is 1.87. The van der Waals surface area contributed by atoms with E-state index < -0.39 is 0 Å². The van der Waals surface area contributed by atoms with Gasteiger partial charge in [-0.25, -0.2) is 9.18 Å². The maximum Gasteiger partial charge on any atom is 0.326 e. The van der Waals surface area contributed by atoms with Crippen LogP contribution in [0.1, 0.15) is 13.3 Å². The molecular formula is C17H16ClFN2O2. The van der Waals surface area contributed by atoms with Gasteiger partial charge in [0.2, 0.25) is 0 Å². The maximum atomic E-state index is 13.0. The molecule has 1 aliphatic heterocycles. The van der Waals surface area contributed by atoms with Crippen LogP contribution in [0.4, 0.5) is 20.6 Å². The molecule has 2 aromatic carbocycles. The largest absolute Gasteiger partial charge is 0.486 e. The van der Waals surface area contributed by atoms with Gasteiger partial charge in [-0.1, -0.05) is 18.5 Å². The number of fused-ring (bicyclic) bond motifs is 1. The molecule has 120 valence electrons. The van der Waals surface area contributed by atoms with Gasteiger partial charge >= 0.3 is 6.03 Å². The molecule has 0 bridgehead atoms. The Morgan fingerprint density at radius 3 is 2.78 bits per heavy atom. The molecule has 0 saturated heterocycles. The number of urea groups is 1. The summed E-state index contributed by atoms with van der Waals surface area (Å²) in [5.41, 5.74) is 1.15. The van der Waals surface area contributed by atoms with Gasteiger partial charge in [0.15, 0.2) is 0 Å². The SMILES string of the molecule is CCC1CN(C(=O)Nc2ccc(F)cc2)c2cc(Cl)ccc2O1. The Hall–Kier alpha value is -2.27. The Morgan fingerprint density at radius 1 is 1.35 bits per heavy atom. The molecule has 1 aliphatic rings. The van der Waals surface area contributed by atoms with Crippen molar-refractivity contribution in [1.82, 2.24) is 0 Å². The molecule has 0 aromatic heterocycles. The van der Waals surface area contributed by atoms with E-state index in [0.29, 0.717) is 28.7 Å². The highest BCUT2D eigenvalue weighted by atomic mass is 35.5. The Morgan fingerprint density at radius 2 is 2.09 bits per heavy atom. The number of nitrogens with zero attached hydrogens (tertiary/aromatic N) is 1. The summed E-state index contributed by atoms with van der Waals surface area (Å²) in [4.78, 5) is 14.2. The summed E-state index contributed by atoms with van der Waals surface area (Å²) in [6.45, 7) is 2.43. The number of carbonyl (C=O) groups excluding carboxylic acids is 1.